The molecule has 7 heteroatoms. The lowest BCUT2D eigenvalue weighted by Crippen LogP contribution is -2.57. The minimum absolute atomic E-state index is 0.0186. The van der Waals surface area contributed by atoms with Gasteiger partial charge < -0.3 is 19.1 Å². The van der Waals surface area contributed by atoms with Crippen molar-refractivity contribution in [2.45, 2.75) is 25.3 Å². The number of hydrogen-bond donors (Lipinski definition) is 1. The highest BCUT2D eigenvalue weighted by molar-refractivity contribution is 5.96. The Kier molecular flexibility index (Phi) is 6.95. The van der Waals surface area contributed by atoms with Crippen molar-refractivity contribution in [2.24, 2.45) is 0 Å². The van der Waals surface area contributed by atoms with E-state index in [4.69, 9.17) is 14.2 Å². The van der Waals surface area contributed by atoms with Crippen molar-refractivity contribution < 1.29 is 23.8 Å². The standard InChI is InChI=1S/C23H28N2O5/c1-23(22(27)29-3,16-30-18-9-5-4-6-10-18)24-15-21(26)25-13-7-8-17-14-19(28-2)11-12-20(17)25/h4-6,9-12,14,24H,7-8,13,15-16H2,1-3H3. The van der Waals surface area contributed by atoms with Crippen LogP contribution in [0.5, 0.6) is 11.5 Å². The molecular weight excluding hydrogens is 384 g/mol. The lowest BCUT2D eigenvalue weighted by Gasteiger charge is -2.32. The van der Waals surface area contributed by atoms with E-state index in [0.717, 1.165) is 29.8 Å². The van der Waals surface area contributed by atoms with Gasteiger partial charge in [-0.05, 0) is 55.7 Å². The summed E-state index contributed by atoms with van der Waals surface area (Å²) in [5.41, 5.74) is 0.796. The third-order valence-corrected chi connectivity index (χ3v) is 5.24. The van der Waals surface area contributed by atoms with Crippen molar-refractivity contribution in [1.82, 2.24) is 5.32 Å². The highest BCUT2D eigenvalue weighted by atomic mass is 16.5. The van der Waals surface area contributed by atoms with Gasteiger partial charge in [0.25, 0.3) is 0 Å². The first kappa shape index (κ1) is 21.6. The molecule has 0 spiro atoms. The minimum atomic E-state index is -1.17. The number of fused-ring (bicyclic) bond motifs is 1. The van der Waals surface area contributed by atoms with E-state index in [2.05, 4.69) is 5.32 Å². The summed E-state index contributed by atoms with van der Waals surface area (Å²) in [5.74, 6) is 0.808. The SMILES string of the molecule is COC(=O)C(C)(COc1ccccc1)NCC(=O)N1CCCc2cc(OC)ccc21. The summed E-state index contributed by atoms with van der Waals surface area (Å²) < 4.78 is 16.0. The third kappa shape index (κ3) is 4.91. The fourth-order valence-corrected chi connectivity index (χ4v) is 3.48. The lowest BCUT2D eigenvalue weighted by molar-refractivity contribution is -0.149. The van der Waals surface area contributed by atoms with Gasteiger partial charge in [-0.3, -0.25) is 10.1 Å². The number of methoxy groups -OCH3 is 2. The van der Waals surface area contributed by atoms with Crippen molar-refractivity contribution in [3.8, 4) is 11.5 Å². The monoisotopic (exact) mass is 412 g/mol. The summed E-state index contributed by atoms with van der Waals surface area (Å²) in [6, 6.07) is 14.9. The van der Waals surface area contributed by atoms with Gasteiger partial charge in [-0.2, -0.15) is 0 Å². The Balaban J connectivity index is 1.68. The number of carbonyl (C=O) groups excluding carboxylic acids is 2. The maximum Gasteiger partial charge on any atom is 0.329 e. The smallest absolute Gasteiger partial charge is 0.329 e. The summed E-state index contributed by atoms with van der Waals surface area (Å²) >= 11 is 0. The average Bonchev–Trinajstić information content (AvgIpc) is 2.80. The van der Waals surface area contributed by atoms with Crippen LogP contribution in [-0.2, 0) is 20.7 Å². The molecule has 1 N–H and O–H groups in total. The van der Waals surface area contributed by atoms with Crippen LogP contribution in [0, 0.1) is 0 Å². The normalized spacial score (nSPS) is 15.0. The van der Waals surface area contributed by atoms with E-state index in [1.807, 2.05) is 48.5 Å². The van der Waals surface area contributed by atoms with Crippen LogP contribution in [0.15, 0.2) is 48.5 Å². The van der Waals surface area contributed by atoms with Gasteiger partial charge in [0.2, 0.25) is 5.91 Å². The fraction of sp³-hybridized carbons (Fsp3) is 0.391. The second-order valence-corrected chi connectivity index (χ2v) is 7.42. The van der Waals surface area contributed by atoms with Crippen molar-refractivity contribution in [2.75, 3.05) is 38.8 Å². The van der Waals surface area contributed by atoms with E-state index in [9.17, 15) is 9.59 Å². The first-order valence-electron chi connectivity index (χ1n) is 9.95. The van der Waals surface area contributed by atoms with Crippen LogP contribution < -0.4 is 19.7 Å². The molecule has 0 aliphatic carbocycles. The summed E-state index contributed by atoms with van der Waals surface area (Å²) in [6.45, 7) is 2.32. The molecule has 0 aromatic heterocycles. The number of benzene rings is 2. The summed E-state index contributed by atoms with van der Waals surface area (Å²) in [6.07, 6.45) is 1.77. The van der Waals surface area contributed by atoms with E-state index in [-0.39, 0.29) is 19.1 Å². The molecule has 3 rings (SSSR count). The van der Waals surface area contributed by atoms with Gasteiger partial charge in [0, 0.05) is 12.2 Å². The number of rotatable bonds is 8. The number of nitrogens with one attached hydrogen (secondary N) is 1. The predicted octanol–water partition coefficient (Wildman–Crippen LogP) is 2.57. The minimum Gasteiger partial charge on any atom is -0.497 e. The molecule has 1 aliphatic rings. The molecule has 1 aliphatic heterocycles. The number of ether oxygens (including phenoxy) is 3. The molecular formula is C23H28N2O5. The molecule has 0 radical (unpaired) electrons. The Labute approximate surface area is 176 Å². The molecule has 0 fully saturated rings. The quantitative estimate of drug-likeness (QED) is 0.672. The maximum atomic E-state index is 13.0. The number of esters is 1. The molecule has 1 atom stereocenters. The zero-order chi connectivity index (χ0) is 21.6. The average molecular weight is 412 g/mol. The molecule has 7 nitrogen and oxygen atoms in total. The number of para-hydroxylation sites is 1. The summed E-state index contributed by atoms with van der Waals surface area (Å²) in [4.78, 5) is 27.1. The molecule has 0 saturated carbocycles. The van der Waals surface area contributed by atoms with Gasteiger partial charge in [0.05, 0.1) is 20.8 Å². The molecule has 0 saturated heterocycles. The van der Waals surface area contributed by atoms with E-state index in [0.29, 0.717) is 12.3 Å². The number of anilines is 1. The number of amides is 1. The van der Waals surface area contributed by atoms with Gasteiger partial charge in [-0.1, -0.05) is 18.2 Å². The Bertz CT molecular complexity index is 886. The lowest BCUT2D eigenvalue weighted by atomic mass is 10.0. The first-order valence-corrected chi connectivity index (χ1v) is 9.95. The van der Waals surface area contributed by atoms with Gasteiger partial charge >= 0.3 is 5.97 Å². The zero-order valence-electron chi connectivity index (χ0n) is 17.6. The van der Waals surface area contributed by atoms with E-state index < -0.39 is 11.5 Å². The van der Waals surface area contributed by atoms with E-state index in [1.165, 1.54) is 7.11 Å². The topological polar surface area (TPSA) is 77.1 Å². The molecule has 1 unspecified atom stereocenters. The predicted molar refractivity (Wildman–Crippen MR) is 114 cm³/mol. The van der Waals surface area contributed by atoms with Gasteiger partial charge in [-0.25, -0.2) is 4.79 Å². The number of aryl methyl sites for hydroxylation is 1. The molecule has 2 aromatic carbocycles. The van der Waals surface area contributed by atoms with Crippen LogP contribution >= 0.6 is 0 Å². The van der Waals surface area contributed by atoms with Gasteiger partial charge in [0.1, 0.15) is 23.6 Å². The first-order chi connectivity index (χ1) is 14.5. The van der Waals surface area contributed by atoms with Crippen LogP contribution in [-0.4, -0.2) is 51.3 Å². The fourth-order valence-electron chi connectivity index (χ4n) is 3.48. The molecule has 30 heavy (non-hydrogen) atoms. The summed E-state index contributed by atoms with van der Waals surface area (Å²) in [7, 11) is 2.95. The Hall–Kier alpha value is -3.06. The molecule has 2 aromatic rings. The number of carbonyl (C=O) groups is 2. The van der Waals surface area contributed by atoms with E-state index >= 15 is 0 Å². The van der Waals surface area contributed by atoms with Crippen molar-refractivity contribution >= 4 is 17.6 Å². The van der Waals surface area contributed by atoms with Crippen LogP contribution in [0.4, 0.5) is 5.69 Å². The van der Waals surface area contributed by atoms with Crippen molar-refractivity contribution in [3.63, 3.8) is 0 Å². The third-order valence-electron chi connectivity index (χ3n) is 5.24. The van der Waals surface area contributed by atoms with Crippen molar-refractivity contribution in [1.29, 1.82) is 0 Å². The highest BCUT2D eigenvalue weighted by Gasteiger charge is 2.36. The van der Waals surface area contributed by atoms with Crippen LogP contribution in [0.3, 0.4) is 0 Å². The number of hydrogen-bond acceptors (Lipinski definition) is 6. The second-order valence-electron chi connectivity index (χ2n) is 7.42. The van der Waals surface area contributed by atoms with Gasteiger partial charge in [-0.15, -0.1) is 0 Å². The molecule has 1 heterocycles. The Morgan fingerprint density at radius 1 is 1.10 bits per heavy atom. The maximum absolute atomic E-state index is 13.0. The van der Waals surface area contributed by atoms with Crippen LogP contribution in [0.1, 0.15) is 18.9 Å². The van der Waals surface area contributed by atoms with Gasteiger partial charge in [0.15, 0.2) is 0 Å². The molecule has 1 amide bonds. The highest BCUT2D eigenvalue weighted by Crippen LogP contribution is 2.30. The molecule has 0 bridgehead atoms. The zero-order valence-corrected chi connectivity index (χ0v) is 17.6. The van der Waals surface area contributed by atoms with Crippen LogP contribution in [0.25, 0.3) is 0 Å². The number of nitrogens with zero attached hydrogens (tertiary/aromatic N) is 1. The van der Waals surface area contributed by atoms with Crippen LogP contribution in [0.2, 0.25) is 0 Å². The summed E-state index contributed by atoms with van der Waals surface area (Å²) in [5, 5.41) is 3.05. The second kappa shape index (κ2) is 9.63. The largest absolute Gasteiger partial charge is 0.497 e. The Morgan fingerprint density at radius 3 is 2.57 bits per heavy atom. The van der Waals surface area contributed by atoms with E-state index in [1.54, 1.807) is 18.9 Å². The molecule has 160 valence electrons. The van der Waals surface area contributed by atoms with Crippen molar-refractivity contribution in [3.05, 3.63) is 54.1 Å². The Morgan fingerprint density at radius 2 is 1.87 bits per heavy atom.